The molecule has 0 unspecified atom stereocenters. The molecule has 1 aromatic rings. The SMILES string of the molecule is NNc1ccc(C(=O)NCCN2CCCC2)cc1. The fourth-order valence-corrected chi connectivity index (χ4v) is 2.15. The van der Waals surface area contributed by atoms with Crippen LogP contribution in [0.3, 0.4) is 0 Å². The van der Waals surface area contributed by atoms with Gasteiger partial charge < -0.3 is 15.6 Å². The molecule has 0 bridgehead atoms. The van der Waals surface area contributed by atoms with E-state index < -0.39 is 0 Å². The lowest BCUT2D eigenvalue weighted by Gasteiger charge is -2.14. The van der Waals surface area contributed by atoms with Crippen LogP contribution in [0.2, 0.25) is 0 Å². The molecular weight excluding hydrogens is 228 g/mol. The summed E-state index contributed by atoms with van der Waals surface area (Å²) < 4.78 is 0. The minimum atomic E-state index is -0.0298. The van der Waals surface area contributed by atoms with Gasteiger partial charge in [-0.05, 0) is 50.2 Å². The van der Waals surface area contributed by atoms with E-state index in [2.05, 4.69) is 15.6 Å². The van der Waals surface area contributed by atoms with Crippen LogP contribution in [0.4, 0.5) is 5.69 Å². The number of nitrogens with zero attached hydrogens (tertiary/aromatic N) is 1. The zero-order valence-corrected chi connectivity index (χ0v) is 10.5. The molecule has 0 saturated carbocycles. The van der Waals surface area contributed by atoms with E-state index in [1.165, 1.54) is 12.8 Å². The van der Waals surface area contributed by atoms with Crippen LogP contribution in [0.1, 0.15) is 23.2 Å². The molecule has 1 aromatic carbocycles. The highest BCUT2D eigenvalue weighted by Crippen LogP contribution is 2.08. The Hall–Kier alpha value is -1.59. The number of benzene rings is 1. The summed E-state index contributed by atoms with van der Waals surface area (Å²) in [5.74, 6) is 5.24. The molecule has 1 heterocycles. The number of amides is 1. The highest BCUT2D eigenvalue weighted by atomic mass is 16.1. The van der Waals surface area contributed by atoms with Crippen LogP contribution >= 0.6 is 0 Å². The molecule has 0 atom stereocenters. The predicted octanol–water partition coefficient (Wildman–Crippen LogP) is 0.798. The Morgan fingerprint density at radius 1 is 1.22 bits per heavy atom. The van der Waals surface area contributed by atoms with E-state index in [0.29, 0.717) is 12.1 Å². The van der Waals surface area contributed by atoms with Gasteiger partial charge in [0.15, 0.2) is 0 Å². The highest BCUT2D eigenvalue weighted by Gasteiger charge is 2.11. The van der Waals surface area contributed by atoms with Crippen molar-refractivity contribution in [3.05, 3.63) is 29.8 Å². The molecule has 2 rings (SSSR count). The number of rotatable bonds is 5. The number of nitrogen functional groups attached to an aromatic ring is 1. The average molecular weight is 248 g/mol. The molecule has 0 radical (unpaired) electrons. The summed E-state index contributed by atoms with van der Waals surface area (Å²) in [6.07, 6.45) is 2.56. The van der Waals surface area contributed by atoms with Gasteiger partial charge in [-0.25, -0.2) is 0 Å². The van der Waals surface area contributed by atoms with Crippen molar-refractivity contribution in [2.45, 2.75) is 12.8 Å². The van der Waals surface area contributed by atoms with E-state index in [1.54, 1.807) is 24.3 Å². The third-order valence-corrected chi connectivity index (χ3v) is 3.23. The molecule has 0 aromatic heterocycles. The summed E-state index contributed by atoms with van der Waals surface area (Å²) in [7, 11) is 0. The monoisotopic (exact) mass is 248 g/mol. The van der Waals surface area contributed by atoms with Crippen molar-refractivity contribution in [2.24, 2.45) is 5.84 Å². The molecule has 5 nitrogen and oxygen atoms in total. The molecule has 0 aliphatic carbocycles. The first-order valence-electron chi connectivity index (χ1n) is 6.37. The lowest BCUT2D eigenvalue weighted by molar-refractivity contribution is 0.0950. The van der Waals surface area contributed by atoms with Crippen molar-refractivity contribution in [1.82, 2.24) is 10.2 Å². The second-order valence-corrected chi connectivity index (χ2v) is 4.53. The van der Waals surface area contributed by atoms with Crippen molar-refractivity contribution in [3.63, 3.8) is 0 Å². The van der Waals surface area contributed by atoms with Gasteiger partial charge in [0.1, 0.15) is 0 Å². The van der Waals surface area contributed by atoms with Gasteiger partial charge in [0.25, 0.3) is 5.91 Å². The van der Waals surface area contributed by atoms with Crippen LogP contribution in [0.25, 0.3) is 0 Å². The smallest absolute Gasteiger partial charge is 0.251 e. The predicted molar refractivity (Wildman–Crippen MR) is 72.3 cm³/mol. The molecule has 1 amide bonds. The van der Waals surface area contributed by atoms with Gasteiger partial charge in [-0.2, -0.15) is 0 Å². The topological polar surface area (TPSA) is 70.4 Å². The van der Waals surface area contributed by atoms with E-state index in [9.17, 15) is 4.79 Å². The van der Waals surface area contributed by atoms with Gasteiger partial charge >= 0.3 is 0 Å². The average Bonchev–Trinajstić information content (AvgIpc) is 2.92. The Morgan fingerprint density at radius 2 is 1.89 bits per heavy atom. The first kappa shape index (κ1) is 12.9. The van der Waals surface area contributed by atoms with Crippen molar-refractivity contribution < 1.29 is 4.79 Å². The zero-order valence-electron chi connectivity index (χ0n) is 10.5. The van der Waals surface area contributed by atoms with E-state index in [-0.39, 0.29) is 5.91 Å². The minimum Gasteiger partial charge on any atom is -0.351 e. The number of hydrazine groups is 1. The zero-order chi connectivity index (χ0) is 12.8. The minimum absolute atomic E-state index is 0.0298. The summed E-state index contributed by atoms with van der Waals surface area (Å²) in [6, 6.07) is 7.10. The van der Waals surface area contributed by atoms with E-state index in [1.807, 2.05) is 0 Å². The van der Waals surface area contributed by atoms with Crippen LogP contribution in [0, 0.1) is 0 Å². The highest BCUT2D eigenvalue weighted by molar-refractivity contribution is 5.94. The van der Waals surface area contributed by atoms with Gasteiger partial charge in [-0.3, -0.25) is 10.6 Å². The first-order chi connectivity index (χ1) is 8.79. The third kappa shape index (κ3) is 3.45. The van der Waals surface area contributed by atoms with Crippen LogP contribution in [0.15, 0.2) is 24.3 Å². The van der Waals surface area contributed by atoms with Gasteiger partial charge in [-0.15, -0.1) is 0 Å². The normalized spacial score (nSPS) is 15.6. The number of likely N-dealkylation sites (tertiary alicyclic amines) is 1. The molecule has 4 N–H and O–H groups in total. The maximum Gasteiger partial charge on any atom is 0.251 e. The first-order valence-corrected chi connectivity index (χ1v) is 6.37. The Kier molecular flexibility index (Phi) is 4.55. The number of anilines is 1. The van der Waals surface area contributed by atoms with Gasteiger partial charge in [0.05, 0.1) is 0 Å². The molecule has 1 fully saturated rings. The summed E-state index contributed by atoms with van der Waals surface area (Å²) in [4.78, 5) is 14.2. The second-order valence-electron chi connectivity index (χ2n) is 4.53. The van der Waals surface area contributed by atoms with Crippen molar-refractivity contribution >= 4 is 11.6 Å². The fraction of sp³-hybridized carbons (Fsp3) is 0.462. The fourth-order valence-electron chi connectivity index (χ4n) is 2.15. The molecule has 1 saturated heterocycles. The number of carbonyl (C=O) groups excluding carboxylic acids is 1. The number of hydrogen-bond donors (Lipinski definition) is 3. The Labute approximate surface area is 107 Å². The number of carbonyl (C=O) groups is 1. The van der Waals surface area contributed by atoms with E-state index >= 15 is 0 Å². The Bertz CT molecular complexity index is 384. The van der Waals surface area contributed by atoms with Crippen LogP contribution < -0.4 is 16.6 Å². The van der Waals surface area contributed by atoms with E-state index in [0.717, 1.165) is 25.3 Å². The van der Waals surface area contributed by atoms with Gasteiger partial charge in [0, 0.05) is 24.3 Å². The largest absolute Gasteiger partial charge is 0.351 e. The summed E-state index contributed by atoms with van der Waals surface area (Å²) in [5, 5.41) is 2.93. The van der Waals surface area contributed by atoms with Gasteiger partial charge in [0.2, 0.25) is 0 Å². The Morgan fingerprint density at radius 3 is 2.50 bits per heavy atom. The summed E-state index contributed by atoms with van der Waals surface area (Å²) in [5.41, 5.74) is 3.99. The molecule has 1 aliphatic heterocycles. The lowest BCUT2D eigenvalue weighted by Crippen LogP contribution is -2.33. The van der Waals surface area contributed by atoms with Crippen molar-refractivity contribution in [1.29, 1.82) is 0 Å². The summed E-state index contributed by atoms with van der Waals surface area (Å²) in [6.45, 7) is 3.96. The molecule has 98 valence electrons. The van der Waals surface area contributed by atoms with Crippen LogP contribution in [0.5, 0.6) is 0 Å². The quantitative estimate of drug-likeness (QED) is 0.532. The number of nitrogens with two attached hydrogens (primary N) is 1. The van der Waals surface area contributed by atoms with Crippen molar-refractivity contribution in [2.75, 3.05) is 31.6 Å². The third-order valence-electron chi connectivity index (χ3n) is 3.23. The Balaban J connectivity index is 1.76. The molecule has 18 heavy (non-hydrogen) atoms. The van der Waals surface area contributed by atoms with Crippen LogP contribution in [-0.4, -0.2) is 37.0 Å². The lowest BCUT2D eigenvalue weighted by atomic mass is 10.2. The molecule has 0 spiro atoms. The number of nitrogens with one attached hydrogen (secondary N) is 2. The maximum atomic E-state index is 11.8. The van der Waals surface area contributed by atoms with Crippen molar-refractivity contribution in [3.8, 4) is 0 Å². The van der Waals surface area contributed by atoms with E-state index in [4.69, 9.17) is 5.84 Å². The van der Waals surface area contributed by atoms with Crippen LogP contribution in [-0.2, 0) is 0 Å². The second kappa shape index (κ2) is 6.37. The molecule has 1 aliphatic rings. The summed E-state index contributed by atoms with van der Waals surface area (Å²) >= 11 is 0. The standard InChI is InChI=1S/C13H20N4O/c14-16-12-5-3-11(4-6-12)13(18)15-7-10-17-8-1-2-9-17/h3-6,16H,1-2,7-10,14H2,(H,15,18). The van der Waals surface area contributed by atoms with Gasteiger partial charge in [-0.1, -0.05) is 0 Å². The molecular formula is C13H20N4O. The number of hydrogen-bond acceptors (Lipinski definition) is 4. The molecule has 5 heteroatoms. The maximum absolute atomic E-state index is 11.8.